The minimum Gasteiger partial charge on any atom is -0.447 e. The van der Waals surface area contributed by atoms with Gasteiger partial charge in [0.05, 0.1) is 6.04 Å². The first-order valence-electron chi connectivity index (χ1n) is 9.09. The van der Waals surface area contributed by atoms with Crippen LogP contribution in [0.2, 0.25) is 0 Å². The molecule has 4 nitrogen and oxygen atoms in total. The molecule has 1 saturated heterocycles. The number of halogens is 1. The van der Waals surface area contributed by atoms with Crippen LogP contribution < -0.4 is 5.32 Å². The average molecular weight is 402 g/mol. The summed E-state index contributed by atoms with van der Waals surface area (Å²) in [6.45, 7) is 2.41. The smallest absolute Gasteiger partial charge is 0.407 e. The van der Waals surface area contributed by atoms with Crippen molar-refractivity contribution in [3.05, 3.63) is 102 Å². The molecule has 0 spiro atoms. The van der Waals surface area contributed by atoms with Crippen molar-refractivity contribution in [2.75, 3.05) is 6.61 Å². The Kier molecular flexibility index (Phi) is 11.9. The second-order valence-corrected chi connectivity index (χ2v) is 5.77. The molecule has 0 bridgehead atoms. The van der Waals surface area contributed by atoms with Crippen molar-refractivity contribution >= 4 is 6.09 Å². The number of ether oxygens (including phenoxy) is 1. The maximum Gasteiger partial charge on any atom is 0.407 e. The van der Waals surface area contributed by atoms with Gasteiger partial charge in [0, 0.05) is 11.8 Å². The maximum atomic E-state index is 11.9. The van der Waals surface area contributed by atoms with Gasteiger partial charge in [0.1, 0.15) is 18.1 Å². The molecule has 30 heavy (non-hydrogen) atoms. The molecule has 1 aromatic heterocycles. The van der Waals surface area contributed by atoms with Crippen LogP contribution in [0.25, 0.3) is 0 Å². The minimum atomic E-state index is -0.299. The Labute approximate surface area is 177 Å². The van der Waals surface area contributed by atoms with Gasteiger partial charge >= 0.3 is 6.09 Å². The number of hydrogen-bond acceptors (Lipinski definition) is 3. The summed E-state index contributed by atoms with van der Waals surface area (Å²) >= 11 is 0. The van der Waals surface area contributed by atoms with Gasteiger partial charge in [-0.25, -0.2) is 14.2 Å². The van der Waals surface area contributed by atoms with Crippen molar-refractivity contribution in [2.24, 2.45) is 0 Å². The molecule has 1 aliphatic rings. The zero-order valence-corrected chi connectivity index (χ0v) is 16.7. The van der Waals surface area contributed by atoms with Crippen molar-refractivity contribution in [3.63, 3.8) is 0 Å². The molecular weight excluding hydrogens is 379 g/mol. The summed E-state index contributed by atoms with van der Waals surface area (Å²) < 4.78 is 16.4. The lowest BCUT2D eigenvalue weighted by atomic mass is 10.2. The lowest BCUT2D eigenvalue weighted by Gasteiger charge is -1.90. The Hall–Kier alpha value is -4.09. The third-order valence-electron chi connectivity index (χ3n) is 3.34. The zero-order valence-electron chi connectivity index (χ0n) is 16.7. The zero-order chi connectivity index (χ0) is 22.0. The molecule has 5 heteroatoms. The molecule has 4 rings (SSSR count). The lowest BCUT2D eigenvalue weighted by molar-refractivity contribution is 0.177. The number of benzene rings is 2. The molecule has 3 aromatic rings. The summed E-state index contributed by atoms with van der Waals surface area (Å²) in [7, 11) is 0. The molecule has 0 unspecified atom stereocenters. The fourth-order valence-electron chi connectivity index (χ4n) is 1.99. The maximum absolute atomic E-state index is 11.9. The topological polar surface area (TPSA) is 51.2 Å². The van der Waals surface area contributed by atoms with Gasteiger partial charge in [-0.2, -0.15) is 0 Å². The van der Waals surface area contributed by atoms with Crippen LogP contribution in [0.4, 0.5) is 9.18 Å². The Balaban J connectivity index is 0.000000237. The van der Waals surface area contributed by atoms with Gasteiger partial charge in [0.15, 0.2) is 0 Å². The lowest BCUT2D eigenvalue weighted by Crippen LogP contribution is -2.21. The molecule has 2 aromatic carbocycles. The van der Waals surface area contributed by atoms with E-state index in [1.54, 1.807) is 24.4 Å². The number of carbonyl (C=O) groups excluding carboxylic acids is 1. The van der Waals surface area contributed by atoms with E-state index in [9.17, 15) is 9.18 Å². The van der Waals surface area contributed by atoms with Gasteiger partial charge in [-0.3, -0.25) is 0 Å². The molecule has 1 fully saturated rings. The molecule has 152 valence electrons. The number of terminal acetylenes is 1. The van der Waals surface area contributed by atoms with Gasteiger partial charge in [0.2, 0.25) is 0 Å². The number of rotatable bonds is 0. The van der Waals surface area contributed by atoms with E-state index in [0.717, 1.165) is 11.3 Å². The molecule has 0 saturated carbocycles. The SMILES string of the molecule is C#C.C(#Cc1ccccn1)c1ccccc1.C[C@@H]1COC(=O)N1.Fc1ccccc1. The van der Waals surface area contributed by atoms with E-state index in [2.05, 4.69) is 39.7 Å². The monoisotopic (exact) mass is 402 g/mol. The van der Waals surface area contributed by atoms with Gasteiger partial charge in [0.25, 0.3) is 0 Å². The number of carbonyl (C=O) groups is 1. The summed E-state index contributed by atoms with van der Waals surface area (Å²) in [4.78, 5) is 14.2. The molecule has 0 aliphatic carbocycles. The molecular formula is C25H23FN2O2. The third-order valence-corrected chi connectivity index (χ3v) is 3.34. The van der Waals surface area contributed by atoms with Crippen LogP contribution in [-0.4, -0.2) is 23.7 Å². The van der Waals surface area contributed by atoms with E-state index in [1.807, 2.05) is 55.5 Å². The number of amides is 1. The Morgan fingerprint density at radius 2 is 1.57 bits per heavy atom. The summed E-state index contributed by atoms with van der Waals surface area (Å²) in [5.74, 6) is 5.87. The van der Waals surface area contributed by atoms with E-state index in [1.165, 1.54) is 12.1 Å². The second kappa shape index (κ2) is 14.9. The number of nitrogens with zero attached hydrogens (tertiary/aromatic N) is 1. The Morgan fingerprint density at radius 3 is 1.97 bits per heavy atom. The summed E-state index contributed by atoms with van der Waals surface area (Å²) in [5.41, 5.74) is 1.81. The molecule has 1 amide bonds. The third kappa shape index (κ3) is 10.9. The first-order valence-corrected chi connectivity index (χ1v) is 9.09. The highest BCUT2D eigenvalue weighted by Gasteiger charge is 2.16. The van der Waals surface area contributed by atoms with Crippen LogP contribution in [0, 0.1) is 30.5 Å². The van der Waals surface area contributed by atoms with Gasteiger partial charge in [-0.05, 0) is 49.2 Å². The second-order valence-electron chi connectivity index (χ2n) is 5.77. The number of cyclic esters (lactones) is 1. The molecule has 1 atom stereocenters. The van der Waals surface area contributed by atoms with Crippen molar-refractivity contribution in [1.29, 1.82) is 0 Å². The van der Waals surface area contributed by atoms with Crippen molar-refractivity contribution in [2.45, 2.75) is 13.0 Å². The molecule has 1 N–H and O–H groups in total. The van der Waals surface area contributed by atoms with Crippen LogP contribution in [0.5, 0.6) is 0 Å². The number of aromatic nitrogens is 1. The first-order chi connectivity index (χ1) is 14.6. The van der Waals surface area contributed by atoms with E-state index >= 15 is 0 Å². The number of nitrogens with one attached hydrogen (secondary N) is 1. The van der Waals surface area contributed by atoms with Crippen LogP contribution >= 0.6 is 0 Å². The van der Waals surface area contributed by atoms with Crippen molar-refractivity contribution in [1.82, 2.24) is 10.3 Å². The fraction of sp³-hybridized carbons (Fsp3) is 0.120. The predicted molar refractivity (Wildman–Crippen MR) is 117 cm³/mol. The van der Waals surface area contributed by atoms with Crippen LogP contribution in [0.15, 0.2) is 85.1 Å². The first kappa shape index (κ1) is 23.9. The number of hydrogen-bond donors (Lipinski definition) is 1. The van der Waals surface area contributed by atoms with E-state index in [-0.39, 0.29) is 18.0 Å². The van der Waals surface area contributed by atoms with E-state index in [0.29, 0.717) is 6.61 Å². The Morgan fingerprint density at radius 1 is 0.967 bits per heavy atom. The fourth-order valence-corrected chi connectivity index (χ4v) is 1.99. The molecule has 2 heterocycles. The number of pyridine rings is 1. The summed E-state index contributed by atoms with van der Waals surface area (Å²) in [6.07, 6.45) is 9.45. The van der Waals surface area contributed by atoms with Crippen molar-refractivity contribution < 1.29 is 13.9 Å². The highest BCUT2D eigenvalue weighted by atomic mass is 19.1. The highest BCUT2D eigenvalue weighted by molar-refractivity contribution is 5.69. The van der Waals surface area contributed by atoms with Crippen LogP contribution in [-0.2, 0) is 4.74 Å². The Bertz CT molecular complexity index is 890. The van der Waals surface area contributed by atoms with Gasteiger partial charge < -0.3 is 10.1 Å². The standard InChI is InChI=1S/C13H9N.C6H5F.C4H7NO2.C2H2/c1-2-6-12(7-3-1)9-10-13-8-4-5-11-14-13;7-6-4-2-1-3-5-6;1-3-2-7-4(6)5-3;1-2/h1-8,11H;1-5H;3H,2H2,1H3,(H,5,6);1-2H/t;;3-;/m..1./s1. The minimum absolute atomic E-state index is 0.178. The molecule has 0 radical (unpaired) electrons. The molecule has 1 aliphatic heterocycles. The van der Waals surface area contributed by atoms with Crippen LogP contribution in [0.3, 0.4) is 0 Å². The summed E-state index contributed by atoms with van der Waals surface area (Å²) in [5, 5.41) is 2.56. The number of alkyl carbamates (subject to hydrolysis) is 1. The van der Waals surface area contributed by atoms with E-state index < -0.39 is 0 Å². The van der Waals surface area contributed by atoms with Gasteiger partial charge in [-0.15, -0.1) is 12.8 Å². The largest absolute Gasteiger partial charge is 0.447 e. The average Bonchev–Trinajstić information content (AvgIpc) is 3.19. The predicted octanol–water partition coefficient (Wildman–Crippen LogP) is 4.67. The quantitative estimate of drug-likeness (QED) is 0.556. The van der Waals surface area contributed by atoms with E-state index in [4.69, 9.17) is 0 Å². The van der Waals surface area contributed by atoms with Crippen LogP contribution in [0.1, 0.15) is 18.2 Å². The highest BCUT2D eigenvalue weighted by Crippen LogP contribution is 1.96. The summed E-state index contributed by atoms with van der Waals surface area (Å²) in [6, 6.07) is 23.7. The normalized spacial score (nSPS) is 13.1. The van der Waals surface area contributed by atoms with Gasteiger partial charge in [-0.1, -0.05) is 48.4 Å². The van der Waals surface area contributed by atoms with Crippen molar-refractivity contribution in [3.8, 4) is 24.7 Å².